The third-order valence-corrected chi connectivity index (χ3v) is 15.7. The molecule has 0 aliphatic carbocycles. The van der Waals surface area contributed by atoms with Gasteiger partial charge in [0.1, 0.15) is 11.9 Å². The van der Waals surface area contributed by atoms with Crippen LogP contribution in [0.3, 0.4) is 0 Å². The number of esters is 1. The maximum atomic E-state index is 14.2. The number of rotatable bonds is 9. The van der Waals surface area contributed by atoms with Gasteiger partial charge in [-0.15, -0.1) is 0 Å². The van der Waals surface area contributed by atoms with E-state index in [9.17, 15) is 115 Å². The van der Waals surface area contributed by atoms with E-state index < -0.39 is 201 Å². The van der Waals surface area contributed by atoms with E-state index >= 15 is 0 Å². The summed E-state index contributed by atoms with van der Waals surface area (Å²) in [6, 6.07) is 28.3. The highest BCUT2D eigenvalue weighted by atomic mass is 19.4. The van der Waals surface area contributed by atoms with E-state index in [1.165, 1.54) is 0 Å². The van der Waals surface area contributed by atoms with Gasteiger partial charge in [0.15, 0.2) is 6.20 Å². The van der Waals surface area contributed by atoms with E-state index in [1.807, 2.05) is 66.7 Å². The zero-order valence-corrected chi connectivity index (χ0v) is 47.0. The predicted molar refractivity (Wildman–Crippen MR) is 300 cm³/mol. The van der Waals surface area contributed by atoms with Crippen LogP contribution in [0.5, 0.6) is 5.75 Å². The second-order valence-electron chi connectivity index (χ2n) is 21.7. The van der Waals surface area contributed by atoms with Crippen LogP contribution in [0.4, 0.5) is 105 Å². The van der Waals surface area contributed by atoms with Crippen molar-refractivity contribution in [3.8, 4) is 5.75 Å². The Balaban J connectivity index is 0.000000222. The van der Waals surface area contributed by atoms with Crippen molar-refractivity contribution in [2.45, 2.75) is 56.0 Å². The highest BCUT2D eigenvalue weighted by Gasteiger charge is 2.47. The largest absolute Gasteiger partial charge is 0.418 e. The SMILES string of the molecule is FC(F)(F)c1cc([B-](c2cc(C(F)(F)F)cc(C(F)(F)F)c2)(c2cc(C(F)(F)F)cc(C(F)(F)F)c2)c2cc(C(F)(F)F)cc(C(F)(F)F)c2)cc(C(F)(F)F)c1.O=C(C[n+]1ccc2ccccc2c1C(=O)Oc1ccc2ccc3cccc4ccc1c2c34)c1ccccc1. The Morgan fingerprint density at radius 3 is 1.03 bits per heavy atom. The molecular weight excluding hydrogens is 1320 g/mol. The number of ether oxygens (including phenoxy) is 1. The summed E-state index contributed by atoms with van der Waals surface area (Å²) in [5.74, 6) is -0.0880. The van der Waals surface area contributed by atoms with Crippen molar-refractivity contribution in [3.63, 3.8) is 0 Å². The topological polar surface area (TPSA) is 47.2 Å². The van der Waals surface area contributed by atoms with E-state index in [-0.39, 0.29) is 12.3 Å². The Morgan fingerprint density at radius 2 is 0.653 bits per heavy atom. The molecule has 11 aromatic rings. The molecule has 492 valence electrons. The normalized spacial score (nSPS) is 13.2. The van der Waals surface area contributed by atoms with Gasteiger partial charge in [0.2, 0.25) is 12.3 Å². The number of hydrogen-bond acceptors (Lipinski definition) is 3. The lowest BCUT2D eigenvalue weighted by Gasteiger charge is -2.46. The Morgan fingerprint density at radius 1 is 0.326 bits per heavy atom. The summed E-state index contributed by atoms with van der Waals surface area (Å²) < 4.78 is 349. The first-order valence-corrected chi connectivity index (χ1v) is 27.2. The van der Waals surface area contributed by atoms with E-state index in [4.69, 9.17) is 4.74 Å². The Kier molecular flexibility index (Phi) is 17.1. The summed E-state index contributed by atoms with van der Waals surface area (Å²) in [6.07, 6.45) is -53.0. The standard InChI is InChI=1S/C34H22NO3.C32H12BF24/c36-29(23-8-2-1-3-9-23)21-35-20-19-22-7-4-5-12-27(22)33(35)34(37)38-30-18-16-26-14-13-24-10-6-11-25-15-17-28(30)32(26)31(24)25;34-25(35,36)13-1-14(26(37,38)39)6-21(5-13)33(22-7-15(27(40,41)42)2-16(8-22)28(43,44)45,23-9-17(29(46,47)48)3-18(10-23)30(49,50)51)24-11-19(31(52,53)54)4-20(12-24)32(55,56)57/h1-20H,21H2;1-12H/q+1;-1. The number of carbonyl (C=O) groups excluding carboxylic acids is 2. The Bertz CT molecular complexity index is 4320. The molecule has 0 radical (unpaired) electrons. The molecule has 29 heteroatoms. The van der Waals surface area contributed by atoms with Crippen molar-refractivity contribution >= 4 is 82.8 Å². The van der Waals surface area contributed by atoms with Crippen LogP contribution in [-0.2, 0) is 56.0 Å². The third kappa shape index (κ3) is 13.8. The summed E-state index contributed by atoms with van der Waals surface area (Å²) in [7, 11) is 0. The number of Topliss-reactive ketones (excluding diaryl/α,β-unsaturated/α-hetero) is 1. The van der Waals surface area contributed by atoms with Gasteiger partial charge in [-0.1, -0.05) is 140 Å². The van der Waals surface area contributed by atoms with Crippen molar-refractivity contribution in [2.75, 3.05) is 0 Å². The molecule has 0 bridgehead atoms. The van der Waals surface area contributed by atoms with E-state index in [0.717, 1.165) is 43.1 Å². The fourth-order valence-corrected chi connectivity index (χ4v) is 11.5. The van der Waals surface area contributed by atoms with Crippen molar-refractivity contribution in [3.05, 3.63) is 250 Å². The van der Waals surface area contributed by atoms with Crippen LogP contribution in [0.25, 0.3) is 43.1 Å². The highest BCUT2D eigenvalue weighted by molar-refractivity contribution is 7.20. The number of pyridine rings is 1. The smallest absolute Gasteiger partial charge is 0.416 e. The summed E-state index contributed by atoms with van der Waals surface area (Å²) in [5, 5.41) is 8.15. The molecule has 0 atom stereocenters. The zero-order valence-electron chi connectivity index (χ0n) is 47.0. The summed E-state index contributed by atoms with van der Waals surface area (Å²) in [6.45, 7) is 0.0256. The quantitative estimate of drug-likeness (QED) is 0.0275. The number of alkyl halides is 24. The first-order valence-electron chi connectivity index (χ1n) is 27.2. The number of ketones is 1. The molecule has 0 N–H and O–H groups in total. The molecule has 0 fully saturated rings. The lowest BCUT2D eigenvalue weighted by molar-refractivity contribution is -0.684. The number of hydrogen-bond donors (Lipinski definition) is 0. The number of benzene rings is 10. The van der Waals surface area contributed by atoms with E-state index in [2.05, 4.69) is 36.4 Å². The first-order chi connectivity index (χ1) is 43.9. The van der Waals surface area contributed by atoms with Crippen molar-refractivity contribution in [1.82, 2.24) is 0 Å². The minimum absolute atomic E-state index is 0.0256. The van der Waals surface area contributed by atoms with Gasteiger partial charge in [0, 0.05) is 22.4 Å². The fourth-order valence-electron chi connectivity index (χ4n) is 11.5. The molecule has 0 amide bonds. The Labute approximate surface area is 517 Å². The van der Waals surface area contributed by atoms with Gasteiger partial charge in [0.25, 0.3) is 5.69 Å². The van der Waals surface area contributed by atoms with Gasteiger partial charge in [-0.25, -0.2) is 4.79 Å². The zero-order chi connectivity index (χ0) is 69.6. The van der Waals surface area contributed by atoms with Gasteiger partial charge in [-0.3, -0.25) is 4.79 Å². The van der Waals surface area contributed by atoms with Crippen LogP contribution in [0.2, 0.25) is 0 Å². The van der Waals surface area contributed by atoms with E-state index in [0.29, 0.717) is 17.0 Å². The second kappa shape index (κ2) is 23.9. The summed E-state index contributed by atoms with van der Waals surface area (Å²) in [5.41, 5.74) is -29.3. The number of nitrogens with zero attached hydrogens (tertiary/aromatic N) is 1. The van der Waals surface area contributed by atoms with Gasteiger partial charge >= 0.3 is 55.4 Å². The van der Waals surface area contributed by atoms with Crippen LogP contribution in [0.15, 0.2) is 194 Å². The van der Waals surface area contributed by atoms with Gasteiger partial charge in [-0.2, -0.15) is 132 Å². The van der Waals surface area contributed by atoms with Crippen LogP contribution in [0, 0.1) is 0 Å². The van der Waals surface area contributed by atoms with Crippen LogP contribution < -0.4 is 31.2 Å². The van der Waals surface area contributed by atoms with Crippen molar-refractivity contribution in [1.29, 1.82) is 0 Å². The maximum absolute atomic E-state index is 14.2. The van der Waals surface area contributed by atoms with Crippen LogP contribution in [0.1, 0.15) is 65.4 Å². The number of aromatic nitrogens is 1. The molecule has 95 heavy (non-hydrogen) atoms. The number of fused-ring (bicyclic) bond motifs is 1. The molecule has 0 aliphatic heterocycles. The minimum atomic E-state index is -6.13. The average Bonchev–Trinajstić information content (AvgIpc) is 0.713. The lowest BCUT2D eigenvalue weighted by Crippen LogP contribution is -2.75. The molecule has 4 nitrogen and oxygen atoms in total. The van der Waals surface area contributed by atoms with Crippen molar-refractivity contribution < 1.29 is 124 Å². The molecule has 0 unspecified atom stereocenters. The molecule has 1 heterocycles. The van der Waals surface area contributed by atoms with Crippen LogP contribution >= 0.6 is 0 Å². The second-order valence-corrected chi connectivity index (χ2v) is 21.7. The van der Waals surface area contributed by atoms with Crippen molar-refractivity contribution in [2.24, 2.45) is 0 Å². The minimum Gasteiger partial charge on any atom is -0.418 e. The molecule has 1 aromatic heterocycles. The van der Waals surface area contributed by atoms with E-state index in [1.54, 1.807) is 22.9 Å². The van der Waals surface area contributed by atoms with Crippen LogP contribution in [-0.4, -0.2) is 17.9 Å². The summed E-state index contributed by atoms with van der Waals surface area (Å²) >= 11 is 0. The average molecular weight is 1360 g/mol. The molecule has 11 rings (SSSR count). The predicted octanol–water partition coefficient (Wildman–Crippen LogP) is 18.3. The first kappa shape index (κ1) is 68.0. The third-order valence-electron chi connectivity index (χ3n) is 15.7. The van der Waals surface area contributed by atoms with Gasteiger partial charge in [-0.05, 0) is 69.4 Å². The van der Waals surface area contributed by atoms with Gasteiger partial charge in [0.05, 0.1) is 49.9 Å². The number of halogens is 24. The highest BCUT2D eigenvalue weighted by Crippen LogP contribution is 2.43. The molecule has 0 spiro atoms. The molecular formula is C66H34BF24NO3. The molecule has 0 aliphatic rings. The summed E-state index contributed by atoms with van der Waals surface area (Å²) in [4.78, 5) is 27.0. The molecule has 0 saturated carbocycles. The lowest BCUT2D eigenvalue weighted by atomic mass is 9.12. The maximum Gasteiger partial charge on any atom is 0.416 e. The monoisotopic (exact) mass is 1360 g/mol. The van der Waals surface area contributed by atoms with Gasteiger partial charge < -0.3 is 4.74 Å². The fraction of sp³-hybridized carbons (Fsp3) is 0.136. The Hall–Kier alpha value is -9.83. The molecule has 0 saturated heterocycles. The number of carbonyl (C=O) groups is 2. The molecule has 10 aromatic carbocycles.